The molecule has 1 aliphatic carbocycles. The normalized spacial score (nSPS) is 17.0. The Balaban J connectivity index is 1.65. The first-order chi connectivity index (χ1) is 11.5. The second-order valence-electron chi connectivity index (χ2n) is 6.16. The summed E-state index contributed by atoms with van der Waals surface area (Å²) in [6.45, 7) is 2.19. The maximum atomic E-state index is 12.5. The molecule has 0 aliphatic heterocycles. The number of carbonyl (C=O) groups is 1. The van der Waals surface area contributed by atoms with Gasteiger partial charge in [-0.2, -0.15) is 0 Å². The third-order valence-electron chi connectivity index (χ3n) is 4.47. The molecule has 0 bridgehead atoms. The lowest BCUT2D eigenvalue weighted by Gasteiger charge is -2.14. The highest BCUT2D eigenvalue weighted by Crippen LogP contribution is 2.22. The molecule has 3 rings (SSSR count). The summed E-state index contributed by atoms with van der Waals surface area (Å²) in [5.41, 5.74) is 2.38. The number of carbonyl (C=O) groups excluding carboxylic acids is 1. The van der Waals surface area contributed by atoms with E-state index in [4.69, 9.17) is 11.6 Å². The van der Waals surface area contributed by atoms with Crippen molar-refractivity contribution >= 4 is 17.5 Å². The number of H-pyrrole nitrogens is 1. The van der Waals surface area contributed by atoms with Crippen LogP contribution in [0, 0.1) is 12.8 Å². The number of aromatic amines is 1. The number of halogens is 1. The standard InChI is InChI=1S/C18H20ClN3O2/c1-11-21-16-9-7-12(6-8-14(16)18(24)22-11)17(23)20-10-13-4-2-3-5-15(13)19/h2-5,12H,6-10H2,1H3,(H,20,23)(H,21,22,24). The molecule has 2 aromatic rings. The first-order valence-corrected chi connectivity index (χ1v) is 8.52. The minimum Gasteiger partial charge on any atom is -0.352 e. The van der Waals surface area contributed by atoms with Gasteiger partial charge in [0.05, 0.1) is 5.69 Å². The molecule has 5 nitrogen and oxygen atoms in total. The molecular formula is C18H20ClN3O2. The quantitative estimate of drug-likeness (QED) is 0.839. The van der Waals surface area contributed by atoms with Crippen molar-refractivity contribution in [2.45, 2.75) is 39.2 Å². The van der Waals surface area contributed by atoms with E-state index in [-0.39, 0.29) is 17.4 Å². The molecule has 1 aromatic carbocycles. The number of rotatable bonds is 3. The minimum atomic E-state index is -0.110. The third-order valence-corrected chi connectivity index (χ3v) is 4.84. The average molecular weight is 346 g/mol. The number of nitrogens with zero attached hydrogens (tertiary/aromatic N) is 1. The summed E-state index contributed by atoms with van der Waals surface area (Å²) < 4.78 is 0. The summed E-state index contributed by atoms with van der Waals surface area (Å²) in [6.07, 6.45) is 2.61. The summed E-state index contributed by atoms with van der Waals surface area (Å²) in [7, 11) is 0. The average Bonchev–Trinajstić information content (AvgIpc) is 2.76. The maximum Gasteiger partial charge on any atom is 0.254 e. The second-order valence-corrected chi connectivity index (χ2v) is 6.57. The Morgan fingerprint density at radius 3 is 2.88 bits per heavy atom. The van der Waals surface area contributed by atoms with Crippen LogP contribution in [0.1, 0.15) is 35.5 Å². The van der Waals surface area contributed by atoms with E-state index in [2.05, 4.69) is 15.3 Å². The molecule has 0 saturated heterocycles. The van der Waals surface area contributed by atoms with Crippen molar-refractivity contribution in [1.29, 1.82) is 0 Å². The van der Waals surface area contributed by atoms with Gasteiger partial charge >= 0.3 is 0 Å². The molecule has 0 fully saturated rings. The van der Waals surface area contributed by atoms with Crippen molar-refractivity contribution in [2.75, 3.05) is 0 Å². The van der Waals surface area contributed by atoms with Crippen LogP contribution in [0.15, 0.2) is 29.1 Å². The number of aryl methyl sites for hydroxylation is 2. The number of hydrogen-bond acceptors (Lipinski definition) is 3. The predicted molar refractivity (Wildman–Crippen MR) is 93.0 cm³/mol. The zero-order valence-electron chi connectivity index (χ0n) is 13.6. The second kappa shape index (κ2) is 7.18. The highest BCUT2D eigenvalue weighted by Gasteiger charge is 2.24. The number of aromatic nitrogens is 2. The number of amides is 1. The van der Waals surface area contributed by atoms with Gasteiger partial charge in [-0.1, -0.05) is 29.8 Å². The van der Waals surface area contributed by atoms with Gasteiger partial charge in [-0.3, -0.25) is 9.59 Å². The summed E-state index contributed by atoms with van der Waals surface area (Å²) in [4.78, 5) is 31.7. The Labute approximate surface area is 145 Å². The lowest BCUT2D eigenvalue weighted by atomic mass is 9.98. The number of nitrogens with one attached hydrogen (secondary N) is 2. The number of fused-ring (bicyclic) bond motifs is 1. The minimum absolute atomic E-state index is 0.0101. The Kier molecular flexibility index (Phi) is 5.00. The fourth-order valence-electron chi connectivity index (χ4n) is 3.14. The lowest BCUT2D eigenvalue weighted by Crippen LogP contribution is -2.30. The van der Waals surface area contributed by atoms with Crippen LogP contribution in [0.4, 0.5) is 0 Å². The molecule has 1 aliphatic rings. The zero-order chi connectivity index (χ0) is 17.1. The van der Waals surface area contributed by atoms with E-state index in [0.717, 1.165) is 16.8 Å². The van der Waals surface area contributed by atoms with Gasteiger partial charge in [-0.25, -0.2) is 4.98 Å². The van der Waals surface area contributed by atoms with Gasteiger partial charge in [0.25, 0.3) is 5.56 Å². The van der Waals surface area contributed by atoms with Gasteiger partial charge in [-0.15, -0.1) is 0 Å². The summed E-state index contributed by atoms with van der Waals surface area (Å²) >= 11 is 6.11. The van der Waals surface area contributed by atoms with Crippen molar-refractivity contribution in [3.05, 3.63) is 62.3 Å². The van der Waals surface area contributed by atoms with Crippen LogP contribution in [0.3, 0.4) is 0 Å². The molecule has 1 unspecified atom stereocenters. The molecule has 1 aromatic heterocycles. The molecular weight excluding hydrogens is 326 g/mol. The first-order valence-electron chi connectivity index (χ1n) is 8.14. The van der Waals surface area contributed by atoms with E-state index < -0.39 is 0 Å². The highest BCUT2D eigenvalue weighted by atomic mass is 35.5. The van der Waals surface area contributed by atoms with Gasteiger partial charge in [0.2, 0.25) is 5.91 Å². The van der Waals surface area contributed by atoms with Crippen LogP contribution in [-0.2, 0) is 24.2 Å². The summed E-state index contributed by atoms with van der Waals surface area (Å²) in [5, 5.41) is 3.61. The van der Waals surface area contributed by atoms with Crippen LogP contribution in [0.5, 0.6) is 0 Å². The monoisotopic (exact) mass is 345 g/mol. The summed E-state index contributed by atoms with van der Waals surface area (Å²) in [5.74, 6) is 0.526. The fourth-order valence-corrected chi connectivity index (χ4v) is 3.34. The molecule has 1 amide bonds. The van der Waals surface area contributed by atoms with Gasteiger partial charge < -0.3 is 10.3 Å². The molecule has 1 atom stereocenters. The molecule has 1 heterocycles. The van der Waals surface area contributed by atoms with Gasteiger partial charge in [0.15, 0.2) is 0 Å². The fraction of sp³-hybridized carbons (Fsp3) is 0.389. The van der Waals surface area contributed by atoms with Gasteiger partial charge in [0.1, 0.15) is 5.82 Å². The van der Waals surface area contributed by atoms with Crippen molar-refractivity contribution in [3.8, 4) is 0 Å². The number of hydrogen-bond donors (Lipinski definition) is 2. The first kappa shape index (κ1) is 16.7. The lowest BCUT2D eigenvalue weighted by molar-refractivity contribution is -0.125. The smallest absolute Gasteiger partial charge is 0.254 e. The Bertz CT molecular complexity index is 816. The number of benzene rings is 1. The molecule has 6 heteroatoms. The van der Waals surface area contributed by atoms with Gasteiger partial charge in [0, 0.05) is 23.0 Å². The van der Waals surface area contributed by atoms with E-state index in [1.54, 1.807) is 6.92 Å². The SMILES string of the molecule is Cc1nc2c(c(=O)[nH]1)CCC(C(=O)NCc1ccccc1Cl)CC2. The van der Waals surface area contributed by atoms with Crippen LogP contribution >= 0.6 is 11.6 Å². The largest absolute Gasteiger partial charge is 0.352 e. The van der Waals surface area contributed by atoms with Gasteiger partial charge in [-0.05, 0) is 44.2 Å². The Morgan fingerprint density at radius 1 is 1.33 bits per heavy atom. The molecule has 2 N–H and O–H groups in total. The molecule has 126 valence electrons. The van der Waals surface area contributed by atoms with Crippen molar-refractivity contribution in [1.82, 2.24) is 15.3 Å². The van der Waals surface area contributed by atoms with E-state index in [1.165, 1.54) is 0 Å². The maximum absolute atomic E-state index is 12.5. The van der Waals surface area contributed by atoms with Crippen molar-refractivity contribution < 1.29 is 4.79 Å². The van der Waals surface area contributed by atoms with E-state index in [9.17, 15) is 9.59 Å². The Morgan fingerprint density at radius 2 is 2.08 bits per heavy atom. The molecule has 0 radical (unpaired) electrons. The topological polar surface area (TPSA) is 74.8 Å². The third kappa shape index (κ3) is 3.67. The van der Waals surface area contributed by atoms with Crippen molar-refractivity contribution in [3.63, 3.8) is 0 Å². The molecule has 24 heavy (non-hydrogen) atoms. The predicted octanol–water partition coefficient (Wildman–Crippen LogP) is 2.54. The van der Waals surface area contributed by atoms with E-state index >= 15 is 0 Å². The van der Waals surface area contributed by atoms with Crippen molar-refractivity contribution in [2.24, 2.45) is 5.92 Å². The van der Waals surface area contributed by atoms with Crippen LogP contribution in [0.2, 0.25) is 5.02 Å². The van der Waals surface area contributed by atoms with Crippen LogP contribution in [0.25, 0.3) is 0 Å². The van der Waals surface area contributed by atoms with Crippen LogP contribution in [-0.4, -0.2) is 15.9 Å². The van der Waals surface area contributed by atoms with Crippen LogP contribution < -0.4 is 10.9 Å². The molecule has 0 saturated carbocycles. The van der Waals surface area contributed by atoms with E-state index in [0.29, 0.717) is 43.1 Å². The molecule has 0 spiro atoms. The van der Waals surface area contributed by atoms with E-state index in [1.807, 2.05) is 24.3 Å². The summed E-state index contributed by atoms with van der Waals surface area (Å²) in [6, 6.07) is 7.47. The highest BCUT2D eigenvalue weighted by molar-refractivity contribution is 6.31. The Hall–Kier alpha value is -2.14. The zero-order valence-corrected chi connectivity index (χ0v) is 14.3.